The van der Waals surface area contributed by atoms with Crippen LogP contribution in [-0.2, 0) is 6.54 Å². The molecule has 0 spiro atoms. The monoisotopic (exact) mass is 499 g/mol. The van der Waals surface area contributed by atoms with Gasteiger partial charge in [-0.1, -0.05) is 24.3 Å². The van der Waals surface area contributed by atoms with Crippen molar-refractivity contribution >= 4 is 29.9 Å². The largest absolute Gasteiger partial charge is 0.493 e. The average molecular weight is 499 g/mol. The van der Waals surface area contributed by atoms with Crippen LogP contribution in [0.25, 0.3) is 0 Å². The first-order chi connectivity index (χ1) is 13.1. The maximum atomic E-state index is 5.91. The minimum atomic E-state index is 0. The van der Waals surface area contributed by atoms with Crippen LogP contribution in [0.1, 0.15) is 16.7 Å². The second-order valence-corrected chi connectivity index (χ2v) is 6.11. The number of aryl methyl sites for hydroxylation is 2. The predicted molar refractivity (Wildman–Crippen MR) is 125 cm³/mol. The molecule has 0 atom stereocenters. The molecule has 0 radical (unpaired) electrons. The molecule has 0 unspecified atom stereocenters. The van der Waals surface area contributed by atoms with Crippen molar-refractivity contribution in [3.63, 3.8) is 0 Å². The van der Waals surface area contributed by atoms with Gasteiger partial charge in [0, 0.05) is 13.6 Å². The van der Waals surface area contributed by atoms with Crippen LogP contribution in [0.15, 0.2) is 41.4 Å². The lowest BCUT2D eigenvalue weighted by Crippen LogP contribution is -2.38. The van der Waals surface area contributed by atoms with Crippen LogP contribution < -0.4 is 24.8 Å². The number of halogens is 1. The zero-order valence-corrected chi connectivity index (χ0v) is 19.5. The number of hydrogen-bond acceptors (Lipinski definition) is 4. The molecule has 0 heterocycles. The molecule has 154 valence electrons. The standard InChI is InChI=1S/C21H29N3O3.HI/c1-15-7-6-8-16(2)20(15)27-12-11-23-21(22-3)24-14-17-9-10-18(25-4)19(13-17)26-5;/h6-10,13H,11-12,14H2,1-5H3,(H2,22,23,24);1H. The SMILES string of the molecule is CN=C(NCCOc1c(C)cccc1C)NCc1ccc(OC)c(OC)c1.I. The molecule has 0 bridgehead atoms. The van der Waals surface area contributed by atoms with E-state index in [0.717, 1.165) is 28.4 Å². The van der Waals surface area contributed by atoms with Gasteiger partial charge in [0.2, 0.25) is 0 Å². The molecule has 6 nitrogen and oxygen atoms in total. The van der Waals surface area contributed by atoms with Gasteiger partial charge in [-0.05, 0) is 42.7 Å². The summed E-state index contributed by atoms with van der Waals surface area (Å²) in [7, 11) is 5.00. The molecule has 2 aromatic rings. The van der Waals surface area contributed by atoms with E-state index in [2.05, 4.69) is 41.6 Å². The smallest absolute Gasteiger partial charge is 0.191 e. The van der Waals surface area contributed by atoms with Crippen molar-refractivity contribution < 1.29 is 14.2 Å². The first-order valence-electron chi connectivity index (χ1n) is 8.93. The lowest BCUT2D eigenvalue weighted by atomic mass is 10.1. The van der Waals surface area contributed by atoms with Crippen LogP contribution in [0, 0.1) is 13.8 Å². The van der Waals surface area contributed by atoms with Gasteiger partial charge in [-0.3, -0.25) is 4.99 Å². The number of nitrogens with zero attached hydrogens (tertiary/aromatic N) is 1. The molecule has 0 saturated carbocycles. The molecule has 2 aromatic carbocycles. The molecule has 2 rings (SSSR count). The predicted octanol–water partition coefficient (Wildman–Crippen LogP) is 3.68. The fourth-order valence-electron chi connectivity index (χ4n) is 2.75. The summed E-state index contributed by atoms with van der Waals surface area (Å²) in [5, 5.41) is 6.54. The number of guanidine groups is 1. The first-order valence-corrected chi connectivity index (χ1v) is 8.93. The van der Waals surface area contributed by atoms with Gasteiger partial charge in [-0.2, -0.15) is 0 Å². The van der Waals surface area contributed by atoms with Crippen LogP contribution >= 0.6 is 24.0 Å². The summed E-state index contributed by atoms with van der Waals surface area (Å²) in [4.78, 5) is 4.24. The highest BCUT2D eigenvalue weighted by molar-refractivity contribution is 14.0. The van der Waals surface area contributed by atoms with E-state index < -0.39 is 0 Å². The zero-order valence-electron chi connectivity index (χ0n) is 17.2. The molecular formula is C21H30IN3O3. The molecule has 0 aromatic heterocycles. The normalized spacial score (nSPS) is 10.7. The Kier molecular flexibility index (Phi) is 10.5. The number of benzene rings is 2. The van der Waals surface area contributed by atoms with Gasteiger partial charge in [-0.25, -0.2) is 0 Å². The van der Waals surface area contributed by atoms with Crippen molar-refractivity contribution in [1.29, 1.82) is 0 Å². The van der Waals surface area contributed by atoms with Gasteiger partial charge in [-0.15, -0.1) is 24.0 Å². The van der Waals surface area contributed by atoms with Crippen LogP contribution in [0.5, 0.6) is 17.2 Å². The maximum absolute atomic E-state index is 5.91. The van der Waals surface area contributed by atoms with Gasteiger partial charge in [0.25, 0.3) is 0 Å². The Labute approximate surface area is 184 Å². The van der Waals surface area contributed by atoms with Crippen LogP contribution in [-0.4, -0.2) is 40.4 Å². The molecule has 7 heteroatoms. The number of nitrogens with one attached hydrogen (secondary N) is 2. The third kappa shape index (κ3) is 6.78. The first kappa shape index (κ1) is 23.9. The molecule has 0 fully saturated rings. The molecule has 0 aliphatic heterocycles. The highest BCUT2D eigenvalue weighted by Gasteiger charge is 2.06. The van der Waals surface area contributed by atoms with Crippen molar-refractivity contribution in [2.75, 3.05) is 34.4 Å². The van der Waals surface area contributed by atoms with E-state index in [-0.39, 0.29) is 24.0 Å². The summed E-state index contributed by atoms with van der Waals surface area (Å²) in [5.41, 5.74) is 3.36. The Bertz CT molecular complexity index is 761. The van der Waals surface area contributed by atoms with Crippen molar-refractivity contribution in [2.24, 2.45) is 4.99 Å². The molecule has 28 heavy (non-hydrogen) atoms. The van der Waals surface area contributed by atoms with Gasteiger partial charge < -0.3 is 24.8 Å². The van der Waals surface area contributed by atoms with E-state index in [1.807, 2.05) is 24.3 Å². The Hall–Kier alpha value is -2.16. The second-order valence-electron chi connectivity index (χ2n) is 6.11. The average Bonchev–Trinajstić information content (AvgIpc) is 2.69. The second kappa shape index (κ2) is 12.3. The highest BCUT2D eigenvalue weighted by atomic mass is 127. The minimum absolute atomic E-state index is 0. The summed E-state index contributed by atoms with van der Waals surface area (Å²) in [6, 6.07) is 12.0. The lowest BCUT2D eigenvalue weighted by molar-refractivity contribution is 0.317. The zero-order chi connectivity index (χ0) is 19.6. The summed E-state index contributed by atoms with van der Waals surface area (Å²) >= 11 is 0. The van der Waals surface area contributed by atoms with E-state index in [1.54, 1.807) is 21.3 Å². The molecular weight excluding hydrogens is 469 g/mol. The topological polar surface area (TPSA) is 64.1 Å². The number of hydrogen-bond donors (Lipinski definition) is 2. The lowest BCUT2D eigenvalue weighted by Gasteiger charge is -2.15. The summed E-state index contributed by atoms with van der Waals surface area (Å²) in [6.45, 7) is 5.94. The Morgan fingerprint density at radius 2 is 1.64 bits per heavy atom. The van der Waals surface area contributed by atoms with Gasteiger partial charge >= 0.3 is 0 Å². The van der Waals surface area contributed by atoms with Crippen molar-refractivity contribution in [2.45, 2.75) is 20.4 Å². The highest BCUT2D eigenvalue weighted by Crippen LogP contribution is 2.27. The third-order valence-corrected chi connectivity index (χ3v) is 4.18. The minimum Gasteiger partial charge on any atom is -0.493 e. The summed E-state index contributed by atoms with van der Waals surface area (Å²) < 4.78 is 16.5. The Morgan fingerprint density at radius 3 is 2.25 bits per heavy atom. The van der Waals surface area contributed by atoms with Crippen molar-refractivity contribution in [3.8, 4) is 17.2 Å². The summed E-state index contributed by atoms with van der Waals surface area (Å²) in [5.74, 6) is 3.09. The van der Waals surface area contributed by atoms with Crippen LogP contribution in [0.3, 0.4) is 0 Å². The number of ether oxygens (including phenoxy) is 3. The van der Waals surface area contributed by atoms with E-state index in [4.69, 9.17) is 14.2 Å². The Morgan fingerprint density at radius 1 is 0.964 bits per heavy atom. The maximum Gasteiger partial charge on any atom is 0.191 e. The van der Waals surface area contributed by atoms with E-state index >= 15 is 0 Å². The third-order valence-electron chi connectivity index (χ3n) is 4.18. The van der Waals surface area contributed by atoms with E-state index in [9.17, 15) is 0 Å². The quantitative estimate of drug-likeness (QED) is 0.251. The van der Waals surface area contributed by atoms with Crippen molar-refractivity contribution in [3.05, 3.63) is 53.1 Å². The number of rotatable bonds is 8. The Balaban J connectivity index is 0.00000392. The summed E-state index contributed by atoms with van der Waals surface area (Å²) in [6.07, 6.45) is 0. The van der Waals surface area contributed by atoms with Crippen molar-refractivity contribution in [1.82, 2.24) is 10.6 Å². The number of aliphatic imine (C=N–C) groups is 1. The molecule has 0 aliphatic carbocycles. The number of para-hydroxylation sites is 1. The molecule has 0 saturated heterocycles. The fourth-order valence-corrected chi connectivity index (χ4v) is 2.75. The number of methoxy groups -OCH3 is 2. The van der Waals surface area contributed by atoms with E-state index in [0.29, 0.717) is 31.2 Å². The van der Waals surface area contributed by atoms with Gasteiger partial charge in [0.1, 0.15) is 12.4 Å². The molecule has 2 N–H and O–H groups in total. The van der Waals surface area contributed by atoms with E-state index in [1.165, 1.54) is 0 Å². The van der Waals surface area contributed by atoms with Crippen LogP contribution in [0.4, 0.5) is 0 Å². The van der Waals surface area contributed by atoms with Gasteiger partial charge in [0.15, 0.2) is 17.5 Å². The molecule has 0 amide bonds. The fraction of sp³-hybridized carbons (Fsp3) is 0.381. The van der Waals surface area contributed by atoms with Gasteiger partial charge in [0.05, 0.1) is 20.8 Å². The van der Waals surface area contributed by atoms with Crippen LogP contribution in [0.2, 0.25) is 0 Å². The molecule has 0 aliphatic rings.